The Bertz CT molecular complexity index is 1020. The largest absolute Gasteiger partial charge is 0.493 e. The summed E-state index contributed by atoms with van der Waals surface area (Å²) in [7, 11) is 1.78. The van der Waals surface area contributed by atoms with E-state index in [2.05, 4.69) is 70.1 Å². The molecule has 0 amide bonds. The molecule has 0 spiro atoms. The number of aliphatic imine (C=N–C) groups is 1. The van der Waals surface area contributed by atoms with E-state index in [9.17, 15) is 0 Å². The van der Waals surface area contributed by atoms with Crippen LogP contribution in [0.5, 0.6) is 5.75 Å². The van der Waals surface area contributed by atoms with Crippen LogP contribution < -0.4 is 15.4 Å². The molecule has 7 nitrogen and oxygen atoms in total. The van der Waals surface area contributed by atoms with E-state index in [1.165, 1.54) is 11.1 Å². The Balaban J connectivity index is 0.00000306. The Morgan fingerprint density at radius 1 is 1.18 bits per heavy atom. The maximum Gasteiger partial charge on any atom is 0.191 e. The first-order valence-electron chi connectivity index (χ1n) is 11.0. The molecule has 8 heteroatoms. The van der Waals surface area contributed by atoms with Crippen LogP contribution in [-0.4, -0.2) is 42.6 Å². The molecule has 0 aliphatic carbocycles. The third kappa shape index (κ3) is 7.20. The van der Waals surface area contributed by atoms with Crippen LogP contribution in [0.4, 0.5) is 0 Å². The summed E-state index contributed by atoms with van der Waals surface area (Å²) in [6.45, 7) is 5.72. The highest BCUT2D eigenvalue weighted by atomic mass is 127. The standard InChI is InChI=1S/C25H31N5O2.HI/c1-19-4-7-22(24(14-19)32-18-21-10-13-31-17-21)16-28-25(26-2)27-15-20-5-8-23(9-6-20)30-12-3-11-29-30;/h3-9,11-12,14,21H,10,13,15-18H2,1-2H3,(H2,26,27,28);1H. The van der Waals surface area contributed by atoms with E-state index < -0.39 is 0 Å². The predicted octanol–water partition coefficient (Wildman–Crippen LogP) is 4.08. The zero-order valence-electron chi connectivity index (χ0n) is 19.2. The van der Waals surface area contributed by atoms with Gasteiger partial charge in [0.1, 0.15) is 5.75 Å². The highest BCUT2D eigenvalue weighted by Gasteiger charge is 2.17. The van der Waals surface area contributed by atoms with Gasteiger partial charge in [-0.05, 0) is 48.7 Å². The van der Waals surface area contributed by atoms with E-state index in [0.717, 1.165) is 42.6 Å². The van der Waals surface area contributed by atoms with E-state index in [4.69, 9.17) is 9.47 Å². The summed E-state index contributed by atoms with van der Waals surface area (Å²) in [6.07, 6.45) is 4.78. The van der Waals surface area contributed by atoms with E-state index in [1.807, 2.05) is 16.9 Å². The summed E-state index contributed by atoms with van der Waals surface area (Å²) in [5.74, 6) is 2.15. The van der Waals surface area contributed by atoms with Gasteiger partial charge in [0.05, 0.1) is 18.9 Å². The number of rotatable bonds is 8. The Labute approximate surface area is 212 Å². The molecule has 1 aromatic heterocycles. The van der Waals surface area contributed by atoms with Crippen molar-refractivity contribution in [2.75, 3.05) is 26.9 Å². The van der Waals surface area contributed by atoms with Gasteiger partial charge in [-0.3, -0.25) is 4.99 Å². The first-order chi connectivity index (χ1) is 15.7. The van der Waals surface area contributed by atoms with Crippen molar-refractivity contribution in [3.8, 4) is 11.4 Å². The molecule has 0 bridgehead atoms. The second kappa shape index (κ2) is 12.6. The Kier molecular flexibility index (Phi) is 9.56. The number of nitrogens with one attached hydrogen (secondary N) is 2. The first-order valence-corrected chi connectivity index (χ1v) is 11.0. The van der Waals surface area contributed by atoms with Crippen LogP contribution in [0.1, 0.15) is 23.1 Å². The quantitative estimate of drug-likeness (QED) is 0.247. The lowest BCUT2D eigenvalue weighted by atomic mass is 10.1. The fraction of sp³-hybridized carbons (Fsp3) is 0.360. The number of guanidine groups is 1. The van der Waals surface area contributed by atoms with Gasteiger partial charge in [0.2, 0.25) is 0 Å². The number of benzene rings is 2. The molecule has 1 aliphatic heterocycles. The zero-order chi connectivity index (χ0) is 22.2. The Morgan fingerprint density at radius 3 is 2.70 bits per heavy atom. The van der Waals surface area contributed by atoms with Gasteiger partial charge < -0.3 is 20.1 Å². The average molecular weight is 561 g/mol. The first kappa shape index (κ1) is 25.0. The van der Waals surface area contributed by atoms with Crippen molar-refractivity contribution >= 4 is 29.9 Å². The normalized spacial score (nSPS) is 15.7. The third-order valence-electron chi connectivity index (χ3n) is 5.56. The van der Waals surface area contributed by atoms with Gasteiger partial charge in [0, 0.05) is 50.6 Å². The van der Waals surface area contributed by atoms with Gasteiger partial charge in [-0.25, -0.2) is 4.68 Å². The topological polar surface area (TPSA) is 72.7 Å². The number of aryl methyl sites for hydroxylation is 1. The van der Waals surface area contributed by atoms with Crippen LogP contribution in [0.2, 0.25) is 0 Å². The van der Waals surface area contributed by atoms with Gasteiger partial charge in [-0.2, -0.15) is 5.10 Å². The monoisotopic (exact) mass is 561 g/mol. The fourth-order valence-corrected chi connectivity index (χ4v) is 3.64. The molecule has 0 radical (unpaired) electrons. The molecular formula is C25H32IN5O2. The number of ether oxygens (including phenoxy) is 2. The summed E-state index contributed by atoms with van der Waals surface area (Å²) in [6, 6.07) is 16.6. The minimum atomic E-state index is 0. The van der Waals surface area contributed by atoms with Gasteiger partial charge in [0.15, 0.2) is 5.96 Å². The molecular weight excluding hydrogens is 529 g/mol. The number of hydrogen-bond acceptors (Lipinski definition) is 4. The van der Waals surface area contributed by atoms with Crippen LogP contribution in [-0.2, 0) is 17.8 Å². The fourth-order valence-electron chi connectivity index (χ4n) is 3.64. The summed E-state index contributed by atoms with van der Waals surface area (Å²) in [5.41, 5.74) is 4.51. The Hall–Kier alpha value is -2.59. The predicted molar refractivity (Wildman–Crippen MR) is 142 cm³/mol. The molecule has 1 unspecified atom stereocenters. The molecule has 1 aliphatic rings. The van der Waals surface area contributed by atoms with Gasteiger partial charge >= 0.3 is 0 Å². The van der Waals surface area contributed by atoms with E-state index in [0.29, 0.717) is 25.6 Å². The van der Waals surface area contributed by atoms with E-state index in [1.54, 1.807) is 13.2 Å². The lowest BCUT2D eigenvalue weighted by molar-refractivity contribution is 0.166. The second-order valence-corrected chi connectivity index (χ2v) is 8.05. The maximum atomic E-state index is 6.15. The van der Waals surface area contributed by atoms with Crippen LogP contribution in [0.25, 0.3) is 5.69 Å². The number of hydrogen-bond donors (Lipinski definition) is 2. The van der Waals surface area contributed by atoms with Crippen molar-refractivity contribution in [1.82, 2.24) is 20.4 Å². The van der Waals surface area contributed by atoms with E-state index in [-0.39, 0.29) is 24.0 Å². The lowest BCUT2D eigenvalue weighted by Gasteiger charge is -2.17. The van der Waals surface area contributed by atoms with Crippen molar-refractivity contribution in [3.05, 3.63) is 77.6 Å². The molecule has 1 atom stereocenters. The molecule has 33 heavy (non-hydrogen) atoms. The molecule has 4 rings (SSSR count). The number of aromatic nitrogens is 2. The van der Waals surface area contributed by atoms with Gasteiger partial charge in [-0.15, -0.1) is 24.0 Å². The number of halogens is 1. The van der Waals surface area contributed by atoms with Crippen molar-refractivity contribution in [1.29, 1.82) is 0 Å². The van der Waals surface area contributed by atoms with Crippen LogP contribution in [0, 0.1) is 12.8 Å². The smallest absolute Gasteiger partial charge is 0.191 e. The molecule has 0 saturated carbocycles. The average Bonchev–Trinajstić information content (AvgIpc) is 3.54. The molecule has 176 valence electrons. The van der Waals surface area contributed by atoms with Crippen LogP contribution >= 0.6 is 24.0 Å². The second-order valence-electron chi connectivity index (χ2n) is 8.05. The van der Waals surface area contributed by atoms with Crippen LogP contribution in [0.15, 0.2) is 65.9 Å². The number of nitrogens with zero attached hydrogens (tertiary/aromatic N) is 3. The van der Waals surface area contributed by atoms with E-state index >= 15 is 0 Å². The highest BCUT2D eigenvalue weighted by Crippen LogP contribution is 2.22. The van der Waals surface area contributed by atoms with Gasteiger partial charge in [-0.1, -0.05) is 24.3 Å². The van der Waals surface area contributed by atoms with Crippen molar-refractivity contribution < 1.29 is 9.47 Å². The molecule has 3 aromatic rings. The Morgan fingerprint density at radius 2 is 2.00 bits per heavy atom. The minimum Gasteiger partial charge on any atom is -0.493 e. The van der Waals surface area contributed by atoms with Gasteiger partial charge in [0.25, 0.3) is 0 Å². The lowest BCUT2D eigenvalue weighted by Crippen LogP contribution is -2.36. The minimum absolute atomic E-state index is 0. The summed E-state index contributed by atoms with van der Waals surface area (Å²) >= 11 is 0. The molecule has 1 saturated heterocycles. The van der Waals surface area contributed by atoms with Crippen molar-refractivity contribution in [2.24, 2.45) is 10.9 Å². The zero-order valence-corrected chi connectivity index (χ0v) is 21.5. The van der Waals surface area contributed by atoms with Crippen molar-refractivity contribution in [3.63, 3.8) is 0 Å². The third-order valence-corrected chi connectivity index (χ3v) is 5.56. The molecule has 2 heterocycles. The SMILES string of the molecule is CN=C(NCc1ccc(-n2cccn2)cc1)NCc1ccc(C)cc1OCC1CCOC1.I. The molecule has 2 N–H and O–H groups in total. The highest BCUT2D eigenvalue weighted by molar-refractivity contribution is 14.0. The molecule has 2 aromatic carbocycles. The summed E-state index contributed by atoms with van der Waals surface area (Å²) in [5, 5.41) is 11.0. The summed E-state index contributed by atoms with van der Waals surface area (Å²) in [4.78, 5) is 4.36. The van der Waals surface area contributed by atoms with Crippen LogP contribution in [0.3, 0.4) is 0 Å². The van der Waals surface area contributed by atoms with Crippen molar-refractivity contribution in [2.45, 2.75) is 26.4 Å². The molecule has 1 fully saturated rings. The maximum absolute atomic E-state index is 6.15. The summed E-state index contributed by atoms with van der Waals surface area (Å²) < 4.78 is 13.5.